The molecule has 0 spiro atoms. The van der Waals surface area contributed by atoms with Crippen LogP contribution in [-0.4, -0.2) is 79.1 Å². The fourth-order valence-corrected chi connectivity index (χ4v) is 5.57. The van der Waals surface area contributed by atoms with Crippen LogP contribution < -0.4 is 21.1 Å². The molecular formula is C34H42F3N7O2. The van der Waals surface area contributed by atoms with Crippen molar-refractivity contribution in [1.82, 2.24) is 14.8 Å². The molecule has 0 aliphatic carbocycles. The van der Waals surface area contributed by atoms with Gasteiger partial charge in [0.25, 0.3) is 0 Å². The van der Waals surface area contributed by atoms with E-state index in [1.54, 1.807) is 12.1 Å². The first-order valence-corrected chi connectivity index (χ1v) is 15.5. The van der Waals surface area contributed by atoms with Gasteiger partial charge in [-0.05, 0) is 61.5 Å². The van der Waals surface area contributed by atoms with Crippen molar-refractivity contribution in [1.29, 1.82) is 0 Å². The molecule has 1 atom stereocenters. The Morgan fingerprint density at radius 3 is 2.37 bits per heavy atom. The number of amidine groups is 1. The van der Waals surface area contributed by atoms with E-state index in [1.165, 1.54) is 6.07 Å². The van der Waals surface area contributed by atoms with Crippen LogP contribution in [0, 0.1) is 0 Å². The summed E-state index contributed by atoms with van der Waals surface area (Å²) in [5, 5.41) is 5.27. The number of hydrogen-bond donors (Lipinski definition) is 3. The van der Waals surface area contributed by atoms with E-state index in [1.807, 2.05) is 25.1 Å². The van der Waals surface area contributed by atoms with Gasteiger partial charge in [0.2, 0.25) is 0 Å². The number of nitrogens with two attached hydrogens (primary N) is 1. The maximum atomic E-state index is 13.5. The maximum Gasteiger partial charge on any atom is 0.416 e. The van der Waals surface area contributed by atoms with Crippen molar-refractivity contribution in [2.24, 2.45) is 10.7 Å². The molecule has 4 N–H and O–H groups in total. The number of likely N-dealkylation sites (N-methyl/N-ethyl adjacent to an activating group) is 1. The van der Waals surface area contributed by atoms with Gasteiger partial charge in [-0.25, -0.2) is 4.79 Å². The van der Waals surface area contributed by atoms with Crippen LogP contribution in [0.5, 0.6) is 5.75 Å². The zero-order chi connectivity index (χ0) is 33.2. The fraction of sp³-hybridized carbons (Fsp3) is 0.441. The summed E-state index contributed by atoms with van der Waals surface area (Å²) in [6, 6.07) is 11.6. The van der Waals surface area contributed by atoms with Crippen molar-refractivity contribution < 1.29 is 22.7 Å². The lowest BCUT2D eigenvalue weighted by atomic mass is 9.86. The number of aromatic nitrogens is 1. The Balaban J connectivity index is 1.31. The molecule has 2 aromatic carbocycles. The zero-order valence-corrected chi connectivity index (χ0v) is 27.0. The van der Waals surface area contributed by atoms with E-state index < -0.39 is 17.8 Å². The number of amides is 2. The molecule has 3 heterocycles. The number of pyridine rings is 1. The number of urea groups is 1. The Hall–Kier alpha value is -4.16. The molecule has 2 aliphatic rings. The third-order valence-electron chi connectivity index (χ3n) is 8.24. The van der Waals surface area contributed by atoms with Gasteiger partial charge in [0, 0.05) is 61.5 Å². The molecule has 5 rings (SSSR count). The van der Waals surface area contributed by atoms with Gasteiger partial charge >= 0.3 is 12.2 Å². The third kappa shape index (κ3) is 7.97. The first-order valence-electron chi connectivity index (χ1n) is 15.5. The van der Waals surface area contributed by atoms with Crippen molar-refractivity contribution in [3.63, 3.8) is 0 Å². The average molecular weight is 638 g/mol. The van der Waals surface area contributed by atoms with Crippen LogP contribution in [0.15, 0.2) is 53.5 Å². The van der Waals surface area contributed by atoms with Crippen LogP contribution in [0.4, 0.5) is 29.3 Å². The summed E-state index contributed by atoms with van der Waals surface area (Å²) in [5.41, 5.74) is 10.1. The predicted molar refractivity (Wildman–Crippen MR) is 176 cm³/mol. The van der Waals surface area contributed by atoms with Gasteiger partial charge in [-0.1, -0.05) is 32.9 Å². The third-order valence-corrected chi connectivity index (χ3v) is 8.24. The van der Waals surface area contributed by atoms with Crippen LogP contribution in [0.25, 0.3) is 11.1 Å². The Labute approximate surface area is 268 Å². The van der Waals surface area contributed by atoms with Crippen LogP contribution >= 0.6 is 0 Å². The first-order chi connectivity index (χ1) is 21.7. The number of carbonyl (C=O) groups is 1. The van der Waals surface area contributed by atoms with Crippen molar-refractivity contribution in [2.75, 3.05) is 57.0 Å². The molecule has 1 aromatic heterocycles. The van der Waals surface area contributed by atoms with Crippen LogP contribution in [-0.2, 0) is 18.0 Å². The van der Waals surface area contributed by atoms with Crippen molar-refractivity contribution in [3.05, 3.63) is 71.0 Å². The standard InChI is InChI=1S/C34H42F3N7O2/c1-21-18-27-30(31(38)39-21)25(20-29(41-27)33(2,3)4)22-6-9-24(10-7-22)40-32(45)42-26-19-23(34(35,36)37)8-11-28(26)46-17-16-44-14-12-43(5)13-15-44/h6-11,19-21H,12-18H2,1-5H3,(H2,38,39)(H2,40,42,45). The number of fused-ring (bicyclic) bond motifs is 1. The Bertz CT molecular complexity index is 1590. The number of benzene rings is 2. The second kappa shape index (κ2) is 13.3. The van der Waals surface area contributed by atoms with E-state index in [9.17, 15) is 18.0 Å². The molecule has 0 bridgehead atoms. The molecular weight excluding hydrogens is 595 g/mol. The number of carbonyl (C=O) groups excluding carboxylic acids is 1. The summed E-state index contributed by atoms with van der Waals surface area (Å²) in [5.74, 6) is 0.610. The second-order valence-electron chi connectivity index (χ2n) is 13.1. The summed E-state index contributed by atoms with van der Waals surface area (Å²) in [6.45, 7) is 12.9. The highest BCUT2D eigenvalue weighted by atomic mass is 19.4. The van der Waals surface area contributed by atoms with Gasteiger partial charge in [-0.3, -0.25) is 14.9 Å². The molecule has 0 radical (unpaired) electrons. The highest BCUT2D eigenvalue weighted by molar-refractivity contribution is 6.05. The van der Waals surface area contributed by atoms with Crippen molar-refractivity contribution >= 4 is 23.2 Å². The maximum absolute atomic E-state index is 13.5. The average Bonchev–Trinajstić information content (AvgIpc) is 2.97. The van der Waals surface area contributed by atoms with Crippen LogP contribution in [0.2, 0.25) is 0 Å². The zero-order valence-electron chi connectivity index (χ0n) is 27.0. The Morgan fingerprint density at radius 1 is 1.02 bits per heavy atom. The number of anilines is 2. The van der Waals surface area contributed by atoms with Gasteiger partial charge in [-0.2, -0.15) is 13.2 Å². The van der Waals surface area contributed by atoms with Crippen LogP contribution in [0.3, 0.4) is 0 Å². The molecule has 1 fully saturated rings. The van der Waals surface area contributed by atoms with E-state index in [0.29, 0.717) is 24.5 Å². The van der Waals surface area contributed by atoms with E-state index in [2.05, 4.69) is 53.2 Å². The number of nitrogens with zero attached hydrogens (tertiary/aromatic N) is 4. The van der Waals surface area contributed by atoms with Gasteiger partial charge in [0.05, 0.1) is 23.0 Å². The van der Waals surface area contributed by atoms with E-state index >= 15 is 0 Å². The lowest BCUT2D eigenvalue weighted by Crippen LogP contribution is -2.45. The number of aliphatic imine (C=N–C) groups is 1. The quantitative estimate of drug-likeness (QED) is 0.294. The molecule has 46 heavy (non-hydrogen) atoms. The molecule has 1 saturated heterocycles. The van der Waals surface area contributed by atoms with E-state index in [-0.39, 0.29) is 29.5 Å². The van der Waals surface area contributed by atoms with Crippen molar-refractivity contribution in [2.45, 2.75) is 51.7 Å². The summed E-state index contributed by atoms with van der Waals surface area (Å²) in [6.07, 6.45) is -3.89. The number of rotatable bonds is 7. The number of alkyl halides is 3. The predicted octanol–water partition coefficient (Wildman–Crippen LogP) is 5.99. The van der Waals surface area contributed by atoms with Crippen LogP contribution in [0.1, 0.15) is 50.2 Å². The monoisotopic (exact) mass is 637 g/mol. The lowest BCUT2D eigenvalue weighted by Gasteiger charge is -2.32. The highest BCUT2D eigenvalue weighted by Crippen LogP contribution is 2.36. The summed E-state index contributed by atoms with van der Waals surface area (Å²) in [4.78, 5) is 27.0. The van der Waals surface area contributed by atoms with Gasteiger partial charge < -0.3 is 26.0 Å². The fourth-order valence-electron chi connectivity index (χ4n) is 5.57. The minimum atomic E-state index is -4.58. The molecule has 1 unspecified atom stereocenters. The number of halogens is 3. The minimum absolute atomic E-state index is 0.0350. The highest BCUT2D eigenvalue weighted by Gasteiger charge is 2.32. The largest absolute Gasteiger partial charge is 0.490 e. The second-order valence-corrected chi connectivity index (χ2v) is 13.1. The smallest absolute Gasteiger partial charge is 0.416 e. The molecule has 2 amide bonds. The molecule has 3 aromatic rings. The molecule has 0 saturated carbocycles. The molecule has 2 aliphatic heterocycles. The number of nitrogens with one attached hydrogen (secondary N) is 2. The number of ether oxygens (including phenoxy) is 1. The molecule has 246 valence electrons. The van der Waals surface area contributed by atoms with E-state index in [0.717, 1.165) is 66.4 Å². The summed E-state index contributed by atoms with van der Waals surface area (Å²) in [7, 11) is 2.06. The minimum Gasteiger partial charge on any atom is -0.490 e. The Kier molecular flexibility index (Phi) is 9.59. The molecule has 12 heteroatoms. The van der Waals surface area contributed by atoms with E-state index in [4.69, 9.17) is 15.5 Å². The Morgan fingerprint density at radius 2 is 1.72 bits per heavy atom. The lowest BCUT2D eigenvalue weighted by molar-refractivity contribution is -0.137. The summed E-state index contributed by atoms with van der Waals surface area (Å²) >= 11 is 0. The number of hydrogen-bond acceptors (Lipinski definition) is 7. The molecule has 9 nitrogen and oxygen atoms in total. The van der Waals surface area contributed by atoms with Crippen molar-refractivity contribution in [3.8, 4) is 16.9 Å². The normalized spacial score (nSPS) is 17.7. The first kappa shape index (κ1) is 33.2. The SMILES string of the molecule is CC1Cc2nc(C(C)(C)C)cc(-c3ccc(NC(=O)Nc4cc(C(F)(F)F)ccc4OCCN4CCN(C)CC4)cc3)c2C(N)=N1. The van der Waals surface area contributed by atoms with Gasteiger partial charge in [0.1, 0.15) is 18.2 Å². The van der Waals surface area contributed by atoms with Gasteiger partial charge in [-0.15, -0.1) is 0 Å². The number of piperazine rings is 1. The topological polar surface area (TPSA) is 108 Å². The summed E-state index contributed by atoms with van der Waals surface area (Å²) < 4.78 is 46.4. The van der Waals surface area contributed by atoms with Gasteiger partial charge in [0.15, 0.2) is 0 Å².